The minimum absolute atomic E-state index is 0.0156. The highest BCUT2D eigenvalue weighted by Crippen LogP contribution is 1.98. The van der Waals surface area contributed by atoms with Crippen LogP contribution in [0.4, 0.5) is 0 Å². The maximum Gasteiger partial charge on any atom is 0.313 e. The Labute approximate surface area is 108 Å². The number of hydrogen-bond acceptors (Lipinski definition) is 4. The number of aromatic nitrogens is 1. The van der Waals surface area contributed by atoms with Gasteiger partial charge in [0.2, 0.25) is 0 Å². The van der Waals surface area contributed by atoms with Gasteiger partial charge in [-0.3, -0.25) is 14.4 Å². The number of rotatable bonds is 6. The predicted octanol–water partition coefficient (Wildman–Crippen LogP) is -0.0671. The van der Waals surface area contributed by atoms with Crippen LogP contribution in [0.5, 0.6) is 0 Å². The number of nitrogens with zero attached hydrogens (tertiary/aromatic N) is 1. The van der Waals surface area contributed by atoms with Crippen LogP contribution in [0.3, 0.4) is 0 Å². The zero-order chi connectivity index (χ0) is 13.5. The quantitative estimate of drug-likeness (QED) is 0.707. The normalized spacial score (nSPS) is 10.1. The summed E-state index contributed by atoms with van der Waals surface area (Å²) >= 11 is 1.22. The average Bonchev–Trinajstić information content (AvgIpc) is 2.31. The summed E-state index contributed by atoms with van der Waals surface area (Å²) < 4.78 is 1.37. The molecule has 0 aliphatic carbocycles. The molecule has 2 N–H and O–H groups in total. The van der Waals surface area contributed by atoms with Gasteiger partial charge in [0.05, 0.1) is 5.75 Å². The highest BCUT2D eigenvalue weighted by atomic mass is 32.2. The molecular weight excluding hydrogens is 256 g/mol. The van der Waals surface area contributed by atoms with E-state index < -0.39 is 5.97 Å². The average molecular weight is 270 g/mol. The summed E-state index contributed by atoms with van der Waals surface area (Å²) in [7, 11) is 1.60. The number of carboxylic acids is 1. The molecule has 7 heteroatoms. The number of nitrogens with one attached hydrogen (secondary N) is 1. The molecule has 0 aromatic carbocycles. The Hall–Kier alpha value is -1.76. The maximum atomic E-state index is 11.6. The summed E-state index contributed by atoms with van der Waals surface area (Å²) in [5.74, 6) is -0.675. The van der Waals surface area contributed by atoms with Crippen molar-refractivity contribution in [2.45, 2.75) is 0 Å². The van der Waals surface area contributed by atoms with Crippen LogP contribution in [0.25, 0.3) is 0 Å². The number of aliphatic carboxylic acids is 1. The van der Waals surface area contributed by atoms with Crippen LogP contribution in [0, 0.1) is 0 Å². The van der Waals surface area contributed by atoms with E-state index in [0.717, 1.165) is 0 Å². The minimum Gasteiger partial charge on any atom is -0.481 e. The third-order valence-corrected chi connectivity index (χ3v) is 3.07. The third-order valence-electron chi connectivity index (χ3n) is 2.12. The summed E-state index contributed by atoms with van der Waals surface area (Å²) in [6, 6.07) is 2.82. The Morgan fingerprint density at radius 3 is 2.83 bits per heavy atom. The van der Waals surface area contributed by atoms with Gasteiger partial charge in [-0.15, -0.1) is 11.8 Å². The van der Waals surface area contributed by atoms with Crippen molar-refractivity contribution < 1.29 is 14.7 Å². The van der Waals surface area contributed by atoms with Gasteiger partial charge in [0.15, 0.2) is 0 Å². The van der Waals surface area contributed by atoms with Crippen molar-refractivity contribution in [2.24, 2.45) is 7.05 Å². The van der Waals surface area contributed by atoms with Crippen LogP contribution in [0.1, 0.15) is 10.4 Å². The minimum atomic E-state index is -0.877. The molecule has 0 aliphatic heterocycles. The van der Waals surface area contributed by atoms with Gasteiger partial charge in [0, 0.05) is 37.2 Å². The van der Waals surface area contributed by atoms with Gasteiger partial charge in [-0.05, 0) is 6.07 Å². The summed E-state index contributed by atoms with van der Waals surface area (Å²) in [6.07, 6.45) is 1.52. The molecule has 1 rings (SSSR count). The number of pyridine rings is 1. The monoisotopic (exact) mass is 270 g/mol. The highest BCUT2D eigenvalue weighted by molar-refractivity contribution is 7.99. The first-order valence-electron chi connectivity index (χ1n) is 5.25. The second kappa shape index (κ2) is 6.85. The standard InChI is InChI=1S/C11H14N2O4S/c1-13-4-2-8(6-9(13)14)11(17)12-3-5-18-7-10(15)16/h2,4,6H,3,5,7H2,1H3,(H,12,17)(H,15,16). The SMILES string of the molecule is Cn1ccc(C(=O)NCCSCC(=O)O)cc1=O. The molecule has 0 aliphatic rings. The first-order chi connectivity index (χ1) is 8.50. The van der Waals surface area contributed by atoms with Crippen molar-refractivity contribution in [1.82, 2.24) is 9.88 Å². The first kappa shape index (κ1) is 14.3. The zero-order valence-corrected chi connectivity index (χ0v) is 10.7. The summed E-state index contributed by atoms with van der Waals surface area (Å²) in [4.78, 5) is 33.2. The van der Waals surface area contributed by atoms with E-state index >= 15 is 0 Å². The van der Waals surface area contributed by atoms with Crippen LogP contribution in [0.2, 0.25) is 0 Å². The second-order valence-electron chi connectivity index (χ2n) is 3.57. The lowest BCUT2D eigenvalue weighted by molar-refractivity contribution is -0.133. The third kappa shape index (κ3) is 4.62. The van der Waals surface area contributed by atoms with Gasteiger partial charge < -0.3 is 15.0 Å². The van der Waals surface area contributed by atoms with Gasteiger partial charge in [-0.25, -0.2) is 0 Å². The van der Waals surface area contributed by atoms with Crippen molar-refractivity contribution in [3.05, 3.63) is 34.2 Å². The number of aryl methyl sites for hydroxylation is 1. The largest absolute Gasteiger partial charge is 0.481 e. The molecular formula is C11H14N2O4S. The Bertz CT molecular complexity index is 498. The highest BCUT2D eigenvalue weighted by Gasteiger charge is 2.06. The second-order valence-corrected chi connectivity index (χ2v) is 4.67. The van der Waals surface area contributed by atoms with Gasteiger partial charge in [-0.2, -0.15) is 0 Å². The number of hydrogen-bond donors (Lipinski definition) is 2. The Balaban J connectivity index is 2.39. The fourth-order valence-corrected chi connectivity index (χ4v) is 1.75. The molecule has 0 fully saturated rings. The molecule has 1 heterocycles. The maximum absolute atomic E-state index is 11.6. The number of carbonyl (C=O) groups is 2. The smallest absolute Gasteiger partial charge is 0.313 e. The molecule has 98 valence electrons. The molecule has 0 saturated carbocycles. The molecule has 1 aromatic heterocycles. The van der Waals surface area contributed by atoms with E-state index in [9.17, 15) is 14.4 Å². The fourth-order valence-electron chi connectivity index (χ4n) is 1.19. The lowest BCUT2D eigenvalue weighted by Crippen LogP contribution is -2.28. The van der Waals surface area contributed by atoms with E-state index in [1.54, 1.807) is 13.1 Å². The van der Waals surface area contributed by atoms with E-state index in [1.165, 1.54) is 28.6 Å². The lowest BCUT2D eigenvalue weighted by Gasteiger charge is -2.05. The molecule has 0 radical (unpaired) electrons. The fraction of sp³-hybridized carbons (Fsp3) is 0.364. The molecule has 0 saturated heterocycles. The summed E-state index contributed by atoms with van der Waals surface area (Å²) in [6.45, 7) is 0.367. The first-order valence-corrected chi connectivity index (χ1v) is 6.40. The zero-order valence-electron chi connectivity index (χ0n) is 9.88. The summed E-state index contributed by atoms with van der Waals surface area (Å²) in [5, 5.41) is 11.0. The van der Waals surface area contributed by atoms with Crippen molar-refractivity contribution in [2.75, 3.05) is 18.1 Å². The van der Waals surface area contributed by atoms with Crippen molar-refractivity contribution in [3.8, 4) is 0 Å². The van der Waals surface area contributed by atoms with Gasteiger partial charge >= 0.3 is 5.97 Å². The molecule has 1 aromatic rings. The number of amides is 1. The molecule has 0 unspecified atom stereocenters. The van der Waals surface area contributed by atoms with Crippen LogP contribution >= 0.6 is 11.8 Å². The van der Waals surface area contributed by atoms with Crippen molar-refractivity contribution >= 4 is 23.6 Å². The Morgan fingerprint density at radius 2 is 2.22 bits per heavy atom. The predicted molar refractivity (Wildman–Crippen MR) is 69.0 cm³/mol. The van der Waals surface area contributed by atoms with Crippen molar-refractivity contribution in [3.63, 3.8) is 0 Å². The topological polar surface area (TPSA) is 88.4 Å². The van der Waals surface area contributed by atoms with E-state index in [0.29, 0.717) is 17.9 Å². The number of carbonyl (C=O) groups excluding carboxylic acids is 1. The molecule has 1 amide bonds. The summed E-state index contributed by atoms with van der Waals surface area (Å²) in [5.41, 5.74) is 0.0595. The van der Waals surface area contributed by atoms with Crippen molar-refractivity contribution in [1.29, 1.82) is 0 Å². The van der Waals surface area contributed by atoms with E-state index in [2.05, 4.69) is 5.32 Å². The van der Waals surface area contributed by atoms with Gasteiger partial charge in [0.1, 0.15) is 0 Å². The van der Waals surface area contributed by atoms with E-state index in [4.69, 9.17) is 5.11 Å². The molecule has 0 spiro atoms. The molecule has 0 atom stereocenters. The van der Waals surface area contributed by atoms with E-state index in [1.807, 2.05) is 0 Å². The Morgan fingerprint density at radius 1 is 1.50 bits per heavy atom. The molecule has 0 bridgehead atoms. The Kier molecular flexibility index (Phi) is 5.44. The van der Waals surface area contributed by atoms with Gasteiger partial charge in [-0.1, -0.05) is 0 Å². The van der Waals surface area contributed by atoms with Gasteiger partial charge in [0.25, 0.3) is 11.5 Å². The van der Waals surface area contributed by atoms with E-state index in [-0.39, 0.29) is 17.2 Å². The number of thioether (sulfide) groups is 1. The number of carboxylic acid groups (broad SMARTS) is 1. The van der Waals surface area contributed by atoms with Crippen LogP contribution in [0.15, 0.2) is 23.1 Å². The molecule has 6 nitrogen and oxygen atoms in total. The molecule has 18 heavy (non-hydrogen) atoms. The van der Waals surface area contributed by atoms with Crippen LogP contribution in [-0.4, -0.2) is 39.6 Å². The van der Waals surface area contributed by atoms with Crippen LogP contribution < -0.4 is 10.9 Å². The lowest BCUT2D eigenvalue weighted by atomic mass is 10.2. The van der Waals surface area contributed by atoms with Crippen LogP contribution in [-0.2, 0) is 11.8 Å².